The molecule has 5 rings (SSSR count). The number of benzene rings is 4. The first-order valence-electron chi connectivity index (χ1n) is 11.5. The van der Waals surface area contributed by atoms with Crippen LogP contribution < -0.4 is 10.3 Å². The molecule has 0 aliphatic heterocycles. The summed E-state index contributed by atoms with van der Waals surface area (Å²) in [4.78, 5) is 13.8. The highest BCUT2D eigenvalue weighted by molar-refractivity contribution is 5.77. The smallest absolute Gasteiger partial charge is 0.220 e. The first-order chi connectivity index (χ1) is 17.7. The van der Waals surface area contributed by atoms with Gasteiger partial charge in [-0.05, 0) is 83.9 Å². The molecule has 0 heterocycles. The van der Waals surface area contributed by atoms with Crippen molar-refractivity contribution in [3.05, 3.63) is 144 Å². The molecule has 0 aliphatic carbocycles. The lowest BCUT2D eigenvalue weighted by molar-refractivity contribution is 0.471. The van der Waals surface area contributed by atoms with E-state index in [4.69, 9.17) is 0 Å². The summed E-state index contributed by atoms with van der Waals surface area (Å²) in [5, 5.41) is 18.3. The molecule has 0 saturated heterocycles. The van der Waals surface area contributed by atoms with Gasteiger partial charge in [0, 0.05) is 17.1 Å². The maximum Gasteiger partial charge on any atom is 0.220 e. The van der Waals surface area contributed by atoms with Crippen molar-refractivity contribution in [2.75, 3.05) is 4.90 Å². The SMILES string of the molecule is O=c1ccc(-c2ccc(N=Nc3ccc(N(c4ccccc4)c4ccccc4)cc3)cc2)ccc1O. The van der Waals surface area contributed by atoms with Crippen molar-refractivity contribution >= 4 is 28.4 Å². The Morgan fingerprint density at radius 2 is 0.889 bits per heavy atom. The van der Waals surface area contributed by atoms with Gasteiger partial charge in [0.25, 0.3) is 0 Å². The predicted molar refractivity (Wildman–Crippen MR) is 145 cm³/mol. The van der Waals surface area contributed by atoms with E-state index in [1.165, 1.54) is 12.1 Å². The summed E-state index contributed by atoms with van der Waals surface area (Å²) in [5.74, 6) is -0.270. The predicted octanol–water partition coefficient (Wildman–Crippen LogP) is 8.30. The van der Waals surface area contributed by atoms with E-state index >= 15 is 0 Å². The average molecular weight is 470 g/mol. The minimum absolute atomic E-state index is 0.270. The van der Waals surface area contributed by atoms with Crippen LogP contribution in [0.2, 0.25) is 0 Å². The summed E-state index contributed by atoms with van der Waals surface area (Å²) in [7, 11) is 0. The summed E-state index contributed by atoms with van der Waals surface area (Å²) in [5.41, 5.74) is 5.97. The highest BCUT2D eigenvalue weighted by Crippen LogP contribution is 2.35. The molecule has 0 fully saturated rings. The summed E-state index contributed by atoms with van der Waals surface area (Å²) in [6.07, 6.45) is 0. The van der Waals surface area contributed by atoms with Gasteiger partial charge in [-0.1, -0.05) is 60.7 Å². The van der Waals surface area contributed by atoms with Gasteiger partial charge in [-0.3, -0.25) is 4.79 Å². The number of hydrogen-bond donors (Lipinski definition) is 1. The normalized spacial score (nSPS) is 10.9. The van der Waals surface area contributed by atoms with Crippen molar-refractivity contribution in [3.8, 4) is 16.9 Å². The van der Waals surface area contributed by atoms with Gasteiger partial charge in [-0.25, -0.2) is 0 Å². The number of hydrogen-bond acceptors (Lipinski definition) is 5. The zero-order valence-corrected chi connectivity index (χ0v) is 19.4. The first-order valence-corrected chi connectivity index (χ1v) is 11.5. The largest absolute Gasteiger partial charge is 0.504 e. The Labute approximate surface area is 209 Å². The van der Waals surface area contributed by atoms with Gasteiger partial charge in [0.1, 0.15) is 0 Å². The molecular weight excluding hydrogens is 446 g/mol. The van der Waals surface area contributed by atoms with Gasteiger partial charge in [0.05, 0.1) is 11.4 Å². The van der Waals surface area contributed by atoms with E-state index in [1.807, 2.05) is 84.9 Å². The van der Waals surface area contributed by atoms with Gasteiger partial charge in [-0.15, -0.1) is 0 Å². The molecule has 1 N–H and O–H groups in total. The van der Waals surface area contributed by atoms with E-state index < -0.39 is 5.43 Å². The number of azo groups is 1. The Morgan fingerprint density at radius 1 is 0.472 bits per heavy atom. The molecule has 0 spiro atoms. The molecule has 174 valence electrons. The quantitative estimate of drug-likeness (QED) is 0.254. The van der Waals surface area contributed by atoms with Gasteiger partial charge >= 0.3 is 0 Å². The van der Waals surface area contributed by atoms with E-state index in [-0.39, 0.29) is 5.75 Å². The third kappa shape index (κ3) is 5.21. The number of anilines is 3. The van der Waals surface area contributed by atoms with Crippen molar-refractivity contribution in [1.82, 2.24) is 0 Å². The highest BCUT2D eigenvalue weighted by Gasteiger charge is 2.11. The molecule has 0 amide bonds. The van der Waals surface area contributed by atoms with Crippen molar-refractivity contribution in [2.24, 2.45) is 10.2 Å². The standard InChI is InChI=1S/C31H23N3O2/c35-30-21-13-24(14-22-31(30)36)23-11-15-25(16-12-23)32-33-26-17-19-29(20-18-26)34(27-7-3-1-4-8-27)28-9-5-2-6-10-28/h1-22H,(H,35,36). The lowest BCUT2D eigenvalue weighted by Gasteiger charge is -2.25. The van der Waals surface area contributed by atoms with Crippen LogP contribution in [0.3, 0.4) is 0 Å². The zero-order chi connectivity index (χ0) is 24.7. The second-order valence-electron chi connectivity index (χ2n) is 8.14. The monoisotopic (exact) mass is 469 g/mol. The topological polar surface area (TPSA) is 65.3 Å². The summed E-state index contributed by atoms with van der Waals surface area (Å²) >= 11 is 0. The fourth-order valence-corrected chi connectivity index (χ4v) is 3.86. The van der Waals surface area contributed by atoms with Crippen LogP contribution in [0.25, 0.3) is 11.1 Å². The molecule has 0 aliphatic rings. The fraction of sp³-hybridized carbons (Fsp3) is 0. The number of nitrogens with zero attached hydrogens (tertiary/aromatic N) is 3. The summed E-state index contributed by atoms with van der Waals surface area (Å²) in [6.45, 7) is 0. The van der Waals surface area contributed by atoms with Gasteiger partial charge in [0.15, 0.2) is 5.75 Å². The van der Waals surface area contributed by atoms with E-state index in [0.29, 0.717) is 5.69 Å². The molecule has 36 heavy (non-hydrogen) atoms. The zero-order valence-electron chi connectivity index (χ0n) is 19.4. The van der Waals surface area contributed by atoms with Crippen LogP contribution in [0.5, 0.6) is 5.75 Å². The molecule has 5 aromatic rings. The Bertz CT molecular complexity index is 1490. The van der Waals surface area contributed by atoms with Crippen LogP contribution in [0.4, 0.5) is 28.4 Å². The molecule has 0 aromatic heterocycles. The van der Waals surface area contributed by atoms with Crippen molar-refractivity contribution in [1.29, 1.82) is 0 Å². The van der Waals surface area contributed by atoms with Crippen LogP contribution in [0, 0.1) is 0 Å². The highest BCUT2D eigenvalue weighted by atomic mass is 16.3. The fourth-order valence-electron chi connectivity index (χ4n) is 3.86. The van der Waals surface area contributed by atoms with Crippen molar-refractivity contribution < 1.29 is 5.11 Å². The second kappa shape index (κ2) is 10.5. The van der Waals surface area contributed by atoms with Crippen molar-refractivity contribution in [2.45, 2.75) is 0 Å². The molecular formula is C31H23N3O2. The van der Waals surface area contributed by atoms with E-state index in [2.05, 4.69) is 39.4 Å². The van der Waals surface area contributed by atoms with Crippen LogP contribution in [-0.4, -0.2) is 5.11 Å². The molecule has 0 unspecified atom stereocenters. The van der Waals surface area contributed by atoms with Gasteiger partial charge in [0.2, 0.25) is 5.43 Å². The maximum absolute atomic E-state index is 11.6. The summed E-state index contributed by atoms with van der Waals surface area (Å²) < 4.78 is 0. The minimum atomic E-state index is -0.409. The molecule has 5 nitrogen and oxygen atoms in total. The third-order valence-corrected chi connectivity index (χ3v) is 5.71. The molecule has 5 heteroatoms. The number of aromatic hydroxyl groups is 1. The second-order valence-corrected chi connectivity index (χ2v) is 8.14. The molecule has 0 saturated carbocycles. The Balaban J connectivity index is 1.35. The molecule has 5 aromatic carbocycles. The number of para-hydroxylation sites is 2. The Kier molecular flexibility index (Phi) is 6.63. The Morgan fingerprint density at radius 3 is 1.42 bits per heavy atom. The minimum Gasteiger partial charge on any atom is -0.504 e. The number of rotatable bonds is 6. The maximum atomic E-state index is 11.6. The Hall–Kier alpha value is -5.03. The third-order valence-electron chi connectivity index (χ3n) is 5.71. The van der Waals surface area contributed by atoms with E-state index in [1.54, 1.807) is 12.1 Å². The van der Waals surface area contributed by atoms with Crippen molar-refractivity contribution in [3.63, 3.8) is 0 Å². The van der Waals surface area contributed by atoms with Crippen LogP contribution >= 0.6 is 0 Å². The lowest BCUT2D eigenvalue weighted by atomic mass is 10.1. The molecule has 0 atom stereocenters. The molecule has 0 radical (unpaired) electrons. The average Bonchev–Trinajstić information content (AvgIpc) is 3.10. The van der Waals surface area contributed by atoms with Crippen LogP contribution in [-0.2, 0) is 0 Å². The van der Waals surface area contributed by atoms with E-state index in [0.717, 1.165) is 33.9 Å². The van der Waals surface area contributed by atoms with Gasteiger partial charge in [-0.2, -0.15) is 10.2 Å². The van der Waals surface area contributed by atoms with Crippen LogP contribution in [0.1, 0.15) is 0 Å². The van der Waals surface area contributed by atoms with Gasteiger partial charge < -0.3 is 10.0 Å². The van der Waals surface area contributed by atoms with E-state index in [9.17, 15) is 9.90 Å². The molecule has 0 bridgehead atoms. The lowest BCUT2D eigenvalue weighted by Crippen LogP contribution is -2.09. The summed E-state index contributed by atoms with van der Waals surface area (Å²) in [6, 6.07) is 42.2. The van der Waals surface area contributed by atoms with Crippen LogP contribution in [0.15, 0.2) is 148 Å². The first kappa shape index (κ1) is 22.7.